The standard InChI is InChI=1S/C21H17ClN2O6S2/c1-2-29-16-9-12(7-8-15(16)30-11-18(25)26)10-17-20(28)24(21(31)32-17)23-19(27)13-5-3-4-6-14(13)22/h3-10H,2,11H2,1H3,(H,23,27)(H,25,26)/b17-10+. The Bertz CT molecular complexity index is 1120. The number of hydrazine groups is 1. The summed E-state index contributed by atoms with van der Waals surface area (Å²) in [4.78, 5) is 36.3. The fourth-order valence-corrected chi connectivity index (χ4v) is 4.07. The van der Waals surface area contributed by atoms with Crippen LogP contribution in [0.5, 0.6) is 11.5 Å². The number of aliphatic carboxylic acids is 1. The lowest BCUT2D eigenvalue weighted by Gasteiger charge is -2.16. The van der Waals surface area contributed by atoms with Gasteiger partial charge < -0.3 is 14.6 Å². The highest BCUT2D eigenvalue weighted by Crippen LogP contribution is 2.34. The molecule has 0 aliphatic carbocycles. The van der Waals surface area contributed by atoms with Crippen molar-refractivity contribution in [2.45, 2.75) is 6.92 Å². The van der Waals surface area contributed by atoms with Crippen LogP contribution in [0.2, 0.25) is 5.02 Å². The summed E-state index contributed by atoms with van der Waals surface area (Å²) < 4.78 is 10.9. The average molecular weight is 493 g/mol. The Balaban J connectivity index is 1.79. The van der Waals surface area contributed by atoms with E-state index < -0.39 is 24.4 Å². The molecule has 0 bridgehead atoms. The third-order valence-electron chi connectivity index (χ3n) is 4.04. The Morgan fingerprint density at radius 1 is 1.22 bits per heavy atom. The maximum atomic E-state index is 12.8. The van der Waals surface area contributed by atoms with Gasteiger partial charge in [0.25, 0.3) is 11.8 Å². The molecular weight excluding hydrogens is 476 g/mol. The number of carboxylic acids is 1. The van der Waals surface area contributed by atoms with E-state index in [4.69, 9.17) is 38.4 Å². The molecule has 0 radical (unpaired) electrons. The quantitative estimate of drug-likeness (QED) is 0.424. The molecule has 2 aromatic carbocycles. The summed E-state index contributed by atoms with van der Waals surface area (Å²) in [5.74, 6) is -1.56. The van der Waals surface area contributed by atoms with Crippen molar-refractivity contribution in [2.75, 3.05) is 13.2 Å². The summed E-state index contributed by atoms with van der Waals surface area (Å²) >= 11 is 12.3. The molecule has 11 heteroatoms. The fraction of sp³-hybridized carbons (Fsp3) is 0.143. The molecule has 2 amide bonds. The zero-order valence-electron chi connectivity index (χ0n) is 16.7. The molecule has 0 atom stereocenters. The SMILES string of the molecule is CCOc1cc(/C=C2/SC(=S)N(NC(=O)c3ccccc3Cl)C2=O)ccc1OCC(=O)O. The third-order valence-corrected chi connectivity index (χ3v) is 5.67. The lowest BCUT2D eigenvalue weighted by atomic mass is 10.2. The van der Waals surface area contributed by atoms with Crippen LogP contribution in [0.1, 0.15) is 22.8 Å². The molecule has 2 N–H and O–H groups in total. The predicted octanol–water partition coefficient (Wildman–Crippen LogP) is 3.75. The zero-order chi connectivity index (χ0) is 23.3. The van der Waals surface area contributed by atoms with Gasteiger partial charge >= 0.3 is 5.97 Å². The first-order chi connectivity index (χ1) is 15.3. The number of hydrogen-bond acceptors (Lipinski definition) is 7. The Morgan fingerprint density at radius 2 is 1.97 bits per heavy atom. The molecule has 0 aromatic heterocycles. The van der Waals surface area contributed by atoms with Gasteiger partial charge in [-0.2, -0.15) is 5.01 Å². The van der Waals surface area contributed by atoms with E-state index in [1.807, 2.05) is 0 Å². The highest BCUT2D eigenvalue weighted by atomic mass is 35.5. The summed E-state index contributed by atoms with van der Waals surface area (Å²) in [5.41, 5.74) is 3.30. The van der Waals surface area contributed by atoms with E-state index in [0.29, 0.717) is 17.9 Å². The van der Waals surface area contributed by atoms with Gasteiger partial charge in [-0.25, -0.2) is 4.79 Å². The number of rotatable bonds is 8. The minimum absolute atomic E-state index is 0.160. The number of nitrogens with one attached hydrogen (secondary N) is 1. The number of hydrogen-bond donors (Lipinski definition) is 2. The molecule has 166 valence electrons. The van der Waals surface area contributed by atoms with Crippen molar-refractivity contribution in [1.82, 2.24) is 10.4 Å². The van der Waals surface area contributed by atoms with Crippen molar-refractivity contribution in [2.24, 2.45) is 0 Å². The van der Waals surface area contributed by atoms with E-state index in [9.17, 15) is 14.4 Å². The molecule has 3 rings (SSSR count). The molecule has 32 heavy (non-hydrogen) atoms. The van der Waals surface area contributed by atoms with E-state index in [-0.39, 0.29) is 25.6 Å². The van der Waals surface area contributed by atoms with Crippen molar-refractivity contribution in [3.8, 4) is 11.5 Å². The van der Waals surface area contributed by atoms with Crippen LogP contribution in [0.4, 0.5) is 0 Å². The number of thiocarbonyl (C=S) groups is 1. The Labute approximate surface area is 198 Å². The Hall–Kier alpha value is -3.08. The van der Waals surface area contributed by atoms with Crippen molar-refractivity contribution in [1.29, 1.82) is 0 Å². The van der Waals surface area contributed by atoms with Crippen LogP contribution >= 0.6 is 35.6 Å². The van der Waals surface area contributed by atoms with E-state index in [2.05, 4.69) is 5.43 Å². The number of nitrogens with zero attached hydrogens (tertiary/aromatic N) is 1. The molecule has 2 aromatic rings. The first kappa shape index (κ1) is 23.6. The Morgan fingerprint density at radius 3 is 2.66 bits per heavy atom. The average Bonchev–Trinajstić information content (AvgIpc) is 3.01. The van der Waals surface area contributed by atoms with Crippen LogP contribution in [0, 0.1) is 0 Å². The maximum absolute atomic E-state index is 12.8. The van der Waals surface area contributed by atoms with E-state index in [1.54, 1.807) is 49.4 Å². The number of amides is 2. The summed E-state index contributed by atoms with van der Waals surface area (Å²) in [7, 11) is 0. The third kappa shape index (κ3) is 5.58. The number of carbonyl (C=O) groups excluding carboxylic acids is 2. The van der Waals surface area contributed by atoms with Gasteiger partial charge in [0.1, 0.15) is 0 Å². The van der Waals surface area contributed by atoms with Gasteiger partial charge in [-0.15, -0.1) is 0 Å². The summed E-state index contributed by atoms with van der Waals surface area (Å²) in [5, 5.41) is 10.0. The normalized spacial score (nSPS) is 14.6. The first-order valence-electron chi connectivity index (χ1n) is 9.25. The van der Waals surface area contributed by atoms with Crippen LogP contribution in [-0.2, 0) is 9.59 Å². The van der Waals surface area contributed by atoms with Crippen molar-refractivity contribution in [3.05, 3.63) is 63.5 Å². The van der Waals surface area contributed by atoms with Gasteiger partial charge in [0.05, 0.1) is 22.1 Å². The lowest BCUT2D eigenvalue weighted by molar-refractivity contribution is -0.139. The fourth-order valence-electron chi connectivity index (χ4n) is 2.66. The Kier molecular flexibility index (Phi) is 7.73. The minimum Gasteiger partial charge on any atom is -0.490 e. The van der Waals surface area contributed by atoms with Crippen molar-refractivity contribution < 1.29 is 29.0 Å². The summed E-state index contributed by atoms with van der Waals surface area (Å²) in [6.45, 7) is 1.60. The van der Waals surface area contributed by atoms with Gasteiger partial charge in [0.2, 0.25) is 0 Å². The molecule has 0 spiro atoms. The highest BCUT2D eigenvalue weighted by molar-refractivity contribution is 8.26. The molecule has 1 saturated heterocycles. The van der Waals surface area contributed by atoms with Crippen LogP contribution in [-0.4, -0.2) is 45.4 Å². The maximum Gasteiger partial charge on any atom is 0.341 e. The zero-order valence-corrected chi connectivity index (χ0v) is 19.1. The number of benzene rings is 2. The molecule has 1 aliphatic rings. The van der Waals surface area contributed by atoms with Gasteiger partial charge in [-0.1, -0.05) is 41.6 Å². The molecule has 1 fully saturated rings. The molecular formula is C21H17ClN2O6S2. The lowest BCUT2D eigenvalue weighted by Crippen LogP contribution is -2.44. The van der Waals surface area contributed by atoms with Crippen LogP contribution in [0.3, 0.4) is 0 Å². The van der Waals surface area contributed by atoms with Crippen LogP contribution in [0.25, 0.3) is 6.08 Å². The molecule has 1 heterocycles. The second kappa shape index (κ2) is 10.5. The number of halogens is 1. The smallest absolute Gasteiger partial charge is 0.341 e. The number of ether oxygens (including phenoxy) is 2. The molecule has 8 nitrogen and oxygen atoms in total. The molecule has 1 aliphatic heterocycles. The number of carboxylic acid groups (broad SMARTS) is 1. The van der Waals surface area contributed by atoms with E-state index in [1.165, 1.54) is 6.07 Å². The van der Waals surface area contributed by atoms with Crippen molar-refractivity contribution >= 4 is 63.8 Å². The van der Waals surface area contributed by atoms with Crippen molar-refractivity contribution in [3.63, 3.8) is 0 Å². The van der Waals surface area contributed by atoms with Gasteiger partial charge in [-0.3, -0.25) is 15.0 Å². The predicted molar refractivity (Wildman–Crippen MR) is 125 cm³/mol. The first-order valence-corrected chi connectivity index (χ1v) is 10.8. The molecule has 0 unspecified atom stereocenters. The van der Waals surface area contributed by atoms with Gasteiger partial charge in [-0.05, 0) is 55.0 Å². The topological polar surface area (TPSA) is 105 Å². The van der Waals surface area contributed by atoms with Gasteiger partial charge in [0.15, 0.2) is 22.4 Å². The number of thioether (sulfide) groups is 1. The number of carbonyl (C=O) groups is 3. The second-order valence-corrected chi connectivity index (χ2v) is 8.34. The molecule has 0 saturated carbocycles. The second-order valence-electron chi connectivity index (χ2n) is 6.26. The highest BCUT2D eigenvalue weighted by Gasteiger charge is 2.34. The van der Waals surface area contributed by atoms with Crippen LogP contribution in [0.15, 0.2) is 47.4 Å². The van der Waals surface area contributed by atoms with E-state index >= 15 is 0 Å². The minimum atomic E-state index is -1.11. The van der Waals surface area contributed by atoms with E-state index in [0.717, 1.165) is 16.8 Å². The van der Waals surface area contributed by atoms with Gasteiger partial charge in [0, 0.05) is 0 Å². The summed E-state index contributed by atoms with van der Waals surface area (Å²) in [6, 6.07) is 11.3. The van der Waals surface area contributed by atoms with Crippen LogP contribution < -0.4 is 14.9 Å². The summed E-state index contributed by atoms with van der Waals surface area (Å²) in [6.07, 6.45) is 1.59. The largest absolute Gasteiger partial charge is 0.490 e. The monoisotopic (exact) mass is 492 g/mol.